The van der Waals surface area contributed by atoms with Crippen LogP contribution in [0.25, 0.3) is 11.1 Å². The molecule has 3 N–H and O–H groups in total. The lowest BCUT2D eigenvalue weighted by Crippen LogP contribution is -2.35. The number of hydrogen-bond donors (Lipinski definition) is 3. The van der Waals surface area contributed by atoms with Gasteiger partial charge in [-0.15, -0.1) is 0 Å². The van der Waals surface area contributed by atoms with Gasteiger partial charge < -0.3 is 10.3 Å². The van der Waals surface area contributed by atoms with Gasteiger partial charge in [-0.3, -0.25) is 14.7 Å². The Labute approximate surface area is 175 Å². The van der Waals surface area contributed by atoms with Crippen LogP contribution in [0.5, 0.6) is 0 Å². The van der Waals surface area contributed by atoms with Crippen molar-refractivity contribution in [2.45, 2.75) is 31.4 Å². The second-order valence-corrected chi connectivity index (χ2v) is 7.76. The van der Waals surface area contributed by atoms with Gasteiger partial charge in [0.1, 0.15) is 0 Å². The smallest absolute Gasteiger partial charge is 0.356 e. The summed E-state index contributed by atoms with van der Waals surface area (Å²) in [6, 6.07) is 8.51. The Hall–Kier alpha value is -3.36. The van der Waals surface area contributed by atoms with Crippen LogP contribution in [0.1, 0.15) is 42.0 Å². The second kappa shape index (κ2) is 8.41. The first-order valence-electron chi connectivity index (χ1n) is 9.97. The molecule has 0 bridgehead atoms. The normalized spacial score (nSPS) is 17.9. The summed E-state index contributed by atoms with van der Waals surface area (Å²) in [7, 11) is 0. The predicted octanol–water partition coefficient (Wildman–Crippen LogP) is 3.83. The molecular weight excluding hydrogens is 409 g/mol. The van der Waals surface area contributed by atoms with Crippen molar-refractivity contribution in [1.29, 1.82) is 0 Å². The SMILES string of the molecule is O=C1CCC(CC(c2ccc(C(F)(F)F)cc2)c2ccc(-c3cn[nH]c3)c(=O)[nH]2)CN1. The zero-order valence-electron chi connectivity index (χ0n) is 16.5. The number of benzene rings is 1. The maximum absolute atomic E-state index is 13.0. The van der Waals surface area contributed by atoms with Crippen molar-refractivity contribution in [2.24, 2.45) is 5.92 Å². The minimum Gasteiger partial charge on any atom is -0.356 e. The molecule has 3 heterocycles. The van der Waals surface area contributed by atoms with Crippen molar-refractivity contribution in [1.82, 2.24) is 20.5 Å². The minimum atomic E-state index is -4.41. The van der Waals surface area contributed by atoms with Crippen molar-refractivity contribution in [3.8, 4) is 11.1 Å². The number of rotatable bonds is 5. The van der Waals surface area contributed by atoms with E-state index in [0.717, 1.165) is 12.1 Å². The van der Waals surface area contributed by atoms with Gasteiger partial charge in [0.15, 0.2) is 0 Å². The van der Waals surface area contributed by atoms with Crippen molar-refractivity contribution < 1.29 is 18.0 Å². The number of alkyl halides is 3. The Morgan fingerprint density at radius 1 is 1.10 bits per heavy atom. The molecule has 2 atom stereocenters. The van der Waals surface area contributed by atoms with Crippen molar-refractivity contribution in [2.75, 3.05) is 6.54 Å². The van der Waals surface area contributed by atoms with E-state index >= 15 is 0 Å². The van der Waals surface area contributed by atoms with Crippen LogP contribution in [0, 0.1) is 5.92 Å². The molecule has 1 aromatic carbocycles. The molecule has 31 heavy (non-hydrogen) atoms. The number of aromatic nitrogens is 3. The summed E-state index contributed by atoms with van der Waals surface area (Å²) in [5.74, 6) is -0.157. The maximum atomic E-state index is 13.0. The Balaban J connectivity index is 1.67. The monoisotopic (exact) mass is 430 g/mol. The number of piperidine rings is 1. The van der Waals surface area contributed by atoms with E-state index in [1.54, 1.807) is 24.5 Å². The van der Waals surface area contributed by atoms with E-state index in [9.17, 15) is 22.8 Å². The van der Waals surface area contributed by atoms with Gasteiger partial charge in [-0.1, -0.05) is 12.1 Å². The van der Waals surface area contributed by atoms with Crippen LogP contribution in [0.4, 0.5) is 13.2 Å². The van der Waals surface area contributed by atoms with Crippen LogP contribution in [0.15, 0.2) is 53.6 Å². The molecule has 2 aromatic heterocycles. The number of halogens is 3. The molecule has 1 saturated heterocycles. The lowest BCUT2D eigenvalue weighted by Gasteiger charge is -2.27. The zero-order chi connectivity index (χ0) is 22.0. The first-order chi connectivity index (χ1) is 14.8. The van der Waals surface area contributed by atoms with Gasteiger partial charge in [0.05, 0.1) is 17.3 Å². The Kier molecular flexibility index (Phi) is 5.67. The van der Waals surface area contributed by atoms with Gasteiger partial charge in [0.2, 0.25) is 5.91 Å². The molecule has 1 aliphatic heterocycles. The highest BCUT2D eigenvalue weighted by Gasteiger charge is 2.31. The Morgan fingerprint density at radius 3 is 2.45 bits per heavy atom. The lowest BCUT2D eigenvalue weighted by molar-refractivity contribution is -0.137. The second-order valence-electron chi connectivity index (χ2n) is 7.76. The van der Waals surface area contributed by atoms with Gasteiger partial charge in [-0.2, -0.15) is 18.3 Å². The standard InChI is InChI=1S/C22H21F3N4O2/c23-22(24,25)16-4-2-14(3-5-16)18(9-13-1-8-20(30)26-10-13)19-7-6-17(21(31)29-19)15-11-27-28-12-15/h2-7,11-13,18H,1,8-10H2,(H,26,30)(H,27,28)(H,29,31). The molecule has 0 spiro atoms. The van der Waals surface area contributed by atoms with E-state index in [1.165, 1.54) is 12.1 Å². The van der Waals surface area contributed by atoms with E-state index in [0.29, 0.717) is 48.2 Å². The number of aromatic amines is 2. The van der Waals surface area contributed by atoms with E-state index in [4.69, 9.17) is 0 Å². The number of carbonyl (C=O) groups excluding carboxylic acids is 1. The molecule has 2 unspecified atom stereocenters. The first kappa shape index (κ1) is 20.9. The van der Waals surface area contributed by atoms with Crippen molar-refractivity contribution >= 4 is 5.91 Å². The molecule has 1 amide bonds. The summed E-state index contributed by atoms with van der Waals surface area (Å²) in [6.45, 7) is 0.507. The largest absolute Gasteiger partial charge is 0.416 e. The van der Waals surface area contributed by atoms with Crippen LogP contribution in [-0.2, 0) is 11.0 Å². The van der Waals surface area contributed by atoms with Gasteiger partial charge in [0.25, 0.3) is 5.56 Å². The highest BCUT2D eigenvalue weighted by Crippen LogP contribution is 2.35. The zero-order valence-corrected chi connectivity index (χ0v) is 16.5. The molecule has 9 heteroatoms. The van der Waals surface area contributed by atoms with E-state index < -0.39 is 11.7 Å². The number of carbonyl (C=O) groups is 1. The summed E-state index contributed by atoms with van der Waals surface area (Å²) in [4.78, 5) is 27.1. The number of nitrogens with one attached hydrogen (secondary N) is 3. The van der Waals surface area contributed by atoms with Crippen LogP contribution in [0.3, 0.4) is 0 Å². The highest BCUT2D eigenvalue weighted by atomic mass is 19.4. The fraction of sp³-hybridized carbons (Fsp3) is 0.318. The Morgan fingerprint density at radius 2 is 1.87 bits per heavy atom. The third kappa shape index (κ3) is 4.70. The fourth-order valence-corrected chi connectivity index (χ4v) is 3.98. The molecule has 0 radical (unpaired) electrons. The van der Waals surface area contributed by atoms with Crippen molar-refractivity contribution in [3.05, 3.63) is 76.0 Å². The molecule has 4 rings (SSSR count). The van der Waals surface area contributed by atoms with Crippen LogP contribution in [-0.4, -0.2) is 27.6 Å². The van der Waals surface area contributed by atoms with E-state index in [2.05, 4.69) is 20.5 Å². The average Bonchev–Trinajstić information content (AvgIpc) is 3.27. The van der Waals surface area contributed by atoms with E-state index in [-0.39, 0.29) is 23.3 Å². The topological polar surface area (TPSA) is 90.6 Å². The highest BCUT2D eigenvalue weighted by molar-refractivity contribution is 5.76. The van der Waals surface area contributed by atoms with Gasteiger partial charge in [-0.05, 0) is 48.6 Å². The number of amides is 1. The molecule has 0 saturated carbocycles. The number of H-pyrrole nitrogens is 2. The lowest BCUT2D eigenvalue weighted by atomic mass is 9.82. The third-order valence-electron chi connectivity index (χ3n) is 5.69. The van der Waals surface area contributed by atoms with Crippen LogP contribution in [0.2, 0.25) is 0 Å². The number of pyridine rings is 1. The van der Waals surface area contributed by atoms with E-state index in [1.807, 2.05) is 0 Å². The molecule has 1 aliphatic rings. The molecule has 0 aliphatic carbocycles. The summed E-state index contributed by atoms with van der Waals surface area (Å²) in [5.41, 5.74) is 1.38. The van der Waals surface area contributed by atoms with Crippen LogP contribution < -0.4 is 10.9 Å². The van der Waals surface area contributed by atoms with Gasteiger partial charge in [-0.25, -0.2) is 0 Å². The Bertz CT molecular complexity index is 1100. The molecule has 1 fully saturated rings. The third-order valence-corrected chi connectivity index (χ3v) is 5.69. The first-order valence-corrected chi connectivity index (χ1v) is 9.97. The quantitative estimate of drug-likeness (QED) is 0.575. The summed E-state index contributed by atoms with van der Waals surface area (Å²) in [6.07, 6.45) is 0.445. The predicted molar refractivity (Wildman–Crippen MR) is 108 cm³/mol. The molecular formula is C22H21F3N4O2. The average molecular weight is 430 g/mol. The van der Waals surface area contributed by atoms with Gasteiger partial charge >= 0.3 is 6.18 Å². The summed E-state index contributed by atoms with van der Waals surface area (Å²) >= 11 is 0. The minimum absolute atomic E-state index is 0.000187. The maximum Gasteiger partial charge on any atom is 0.416 e. The molecule has 6 nitrogen and oxygen atoms in total. The molecule has 162 valence electrons. The summed E-state index contributed by atoms with van der Waals surface area (Å²) < 4.78 is 39.0. The van der Waals surface area contributed by atoms with Crippen LogP contribution >= 0.6 is 0 Å². The van der Waals surface area contributed by atoms with Gasteiger partial charge in [0, 0.05) is 36.3 Å². The number of hydrogen-bond acceptors (Lipinski definition) is 3. The fourth-order valence-electron chi connectivity index (χ4n) is 3.98. The number of nitrogens with zero attached hydrogens (tertiary/aromatic N) is 1. The molecule has 3 aromatic rings. The summed E-state index contributed by atoms with van der Waals surface area (Å²) in [5, 5.41) is 9.36. The van der Waals surface area contributed by atoms with Crippen molar-refractivity contribution in [3.63, 3.8) is 0 Å².